The number of alkyl halides is 3. The van der Waals surface area contributed by atoms with Crippen molar-refractivity contribution in [2.45, 2.75) is 6.18 Å². The van der Waals surface area contributed by atoms with Crippen LogP contribution in [0.25, 0.3) is 0 Å². The number of benzene rings is 1. The molecule has 14 heavy (non-hydrogen) atoms. The molecule has 0 heterocycles. The quantitative estimate of drug-likeness (QED) is 0.328. The van der Waals surface area contributed by atoms with Crippen molar-refractivity contribution in [3.8, 4) is 0 Å². The number of hydrogen-bond acceptors (Lipinski definition) is 0. The Hall–Kier alpha value is -0.134. The Kier molecular flexibility index (Phi) is 6.61. The molecule has 0 radical (unpaired) electrons. The van der Waals surface area contributed by atoms with E-state index >= 15 is 0 Å². The van der Waals surface area contributed by atoms with Crippen LogP contribution in [0.1, 0.15) is 11.1 Å². The molecule has 0 aliphatic carbocycles. The second kappa shape index (κ2) is 5.68. The van der Waals surface area contributed by atoms with Crippen molar-refractivity contribution < 1.29 is 30.0 Å². The van der Waals surface area contributed by atoms with E-state index in [1.807, 2.05) is 0 Å². The van der Waals surface area contributed by atoms with Crippen LogP contribution >= 0.6 is 0 Å². The van der Waals surface area contributed by atoms with Crippen LogP contribution in [0.4, 0.5) is 17.6 Å². The zero-order valence-corrected chi connectivity index (χ0v) is 9.21. The average molecular weight is 237 g/mol. The molecule has 0 aliphatic rings. The summed E-state index contributed by atoms with van der Waals surface area (Å²) in [5, 5.41) is 0. The first-order chi connectivity index (χ1) is 5.41. The Labute approximate surface area is 101 Å². The molecule has 1 aromatic rings. The maximum atomic E-state index is 12.5. The summed E-state index contributed by atoms with van der Waals surface area (Å²) < 4.78 is 48.4. The first kappa shape index (κ1) is 16.3. The molecule has 0 saturated carbocycles. The minimum atomic E-state index is -4.64. The molecule has 6 heteroatoms. The van der Waals surface area contributed by atoms with E-state index in [0.717, 1.165) is 6.07 Å². The van der Waals surface area contributed by atoms with Crippen LogP contribution in [-0.2, 0) is 6.18 Å². The van der Waals surface area contributed by atoms with Crippen molar-refractivity contribution in [3.05, 3.63) is 42.1 Å². The van der Waals surface area contributed by atoms with Gasteiger partial charge in [0.1, 0.15) is 5.82 Å². The van der Waals surface area contributed by atoms with Gasteiger partial charge in [-0.15, -0.1) is 6.07 Å². The molecule has 0 atom stereocenters. The largest absolute Gasteiger partial charge is 2.00 e. The SMILES string of the molecule is [CH2-]c1ccc(F)c(C(F)(F)F)c1.[Cl-].[Mg+2]. The number of hydrogen-bond donors (Lipinski definition) is 0. The number of rotatable bonds is 0. The van der Waals surface area contributed by atoms with E-state index in [1.54, 1.807) is 0 Å². The summed E-state index contributed by atoms with van der Waals surface area (Å²) in [5.41, 5.74) is -1.13. The number of halogens is 5. The van der Waals surface area contributed by atoms with Crippen molar-refractivity contribution in [2.24, 2.45) is 0 Å². The van der Waals surface area contributed by atoms with Crippen LogP contribution in [0.5, 0.6) is 0 Å². The van der Waals surface area contributed by atoms with Gasteiger partial charge in [-0.2, -0.15) is 31.7 Å². The topological polar surface area (TPSA) is 0 Å². The van der Waals surface area contributed by atoms with Gasteiger partial charge in [0.25, 0.3) is 0 Å². The van der Waals surface area contributed by atoms with E-state index in [1.165, 1.54) is 6.07 Å². The maximum Gasteiger partial charge on any atom is 2.00 e. The molecule has 74 valence electrons. The van der Waals surface area contributed by atoms with E-state index < -0.39 is 17.6 Å². The summed E-state index contributed by atoms with van der Waals surface area (Å²) in [7, 11) is 0. The predicted octanol–water partition coefficient (Wildman–Crippen LogP) is -0.350. The minimum absolute atomic E-state index is 0. The normalized spacial score (nSPS) is 10.0. The summed E-state index contributed by atoms with van der Waals surface area (Å²) in [6, 6.07) is 2.62. The van der Waals surface area contributed by atoms with Gasteiger partial charge in [-0.05, 0) is 0 Å². The molecule has 1 rings (SSSR count). The first-order valence-corrected chi connectivity index (χ1v) is 3.10. The van der Waals surface area contributed by atoms with Crippen molar-refractivity contribution in [1.82, 2.24) is 0 Å². The van der Waals surface area contributed by atoms with Crippen LogP contribution in [0, 0.1) is 12.7 Å². The maximum absolute atomic E-state index is 12.5. The van der Waals surface area contributed by atoms with E-state index in [2.05, 4.69) is 6.92 Å². The Bertz CT molecular complexity index is 298. The van der Waals surface area contributed by atoms with Gasteiger partial charge in [-0.1, -0.05) is 6.07 Å². The Morgan fingerprint density at radius 1 is 1.14 bits per heavy atom. The minimum Gasteiger partial charge on any atom is -1.00 e. The van der Waals surface area contributed by atoms with Crippen molar-refractivity contribution >= 4 is 23.1 Å². The standard InChI is InChI=1S/C8H5F4.ClH.Mg/c1-5-2-3-7(9)6(4-5)8(10,11)12;;/h2-4H,1H2;1H;/q-1;;+2/p-1. The molecular formula is C8H5ClF4Mg. The predicted molar refractivity (Wildman–Crippen MR) is 41.6 cm³/mol. The summed E-state index contributed by atoms with van der Waals surface area (Å²) in [4.78, 5) is 0. The molecule has 0 aliphatic heterocycles. The van der Waals surface area contributed by atoms with E-state index in [4.69, 9.17) is 0 Å². The first-order valence-electron chi connectivity index (χ1n) is 3.10. The fourth-order valence-corrected chi connectivity index (χ4v) is 0.790. The molecule has 0 fully saturated rings. The van der Waals surface area contributed by atoms with Gasteiger partial charge in [-0.3, -0.25) is 0 Å². The van der Waals surface area contributed by atoms with Crippen LogP contribution in [-0.4, -0.2) is 23.1 Å². The third kappa shape index (κ3) is 3.94. The van der Waals surface area contributed by atoms with Crippen LogP contribution in [0.3, 0.4) is 0 Å². The Morgan fingerprint density at radius 2 is 1.64 bits per heavy atom. The van der Waals surface area contributed by atoms with Crippen LogP contribution in [0.15, 0.2) is 18.2 Å². The molecule has 1 aromatic carbocycles. The molecular weight excluding hydrogens is 232 g/mol. The molecule has 0 bridgehead atoms. The van der Waals surface area contributed by atoms with E-state index in [0.29, 0.717) is 6.07 Å². The van der Waals surface area contributed by atoms with Crippen LogP contribution < -0.4 is 12.4 Å². The average Bonchev–Trinajstić information content (AvgIpc) is 1.92. The molecule has 0 aromatic heterocycles. The van der Waals surface area contributed by atoms with Crippen molar-refractivity contribution in [3.63, 3.8) is 0 Å². The third-order valence-corrected chi connectivity index (χ3v) is 1.34. The fraction of sp³-hybridized carbons (Fsp3) is 0.125. The van der Waals surface area contributed by atoms with Gasteiger partial charge in [0.2, 0.25) is 0 Å². The molecule has 0 spiro atoms. The van der Waals surface area contributed by atoms with Crippen molar-refractivity contribution in [2.75, 3.05) is 0 Å². The summed E-state index contributed by atoms with van der Waals surface area (Å²) in [6.07, 6.45) is -4.64. The van der Waals surface area contributed by atoms with Gasteiger partial charge in [0.15, 0.2) is 0 Å². The molecule has 0 N–H and O–H groups in total. The fourth-order valence-electron chi connectivity index (χ4n) is 0.790. The monoisotopic (exact) mass is 236 g/mol. The molecule has 0 nitrogen and oxygen atoms in total. The Balaban J connectivity index is 0. The summed E-state index contributed by atoms with van der Waals surface area (Å²) in [5.74, 6) is -1.27. The van der Waals surface area contributed by atoms with Gasteiger partial charge < -0.3 is 12.4 Å². The molecule has 0 amide bonds. The summed E-state index contributed by atoms with van der Waals surface area (Å²) in [6.45, 7) is 3.27. The third-order valence-electron chi connectivity index (χ3n) is 1.34. The second-order valence-corrected chi connectivity index (χ2v) is 2.31. The Morgan fingerprint density at radius 3 is 2.00 bits per heavy atom. The smallest absolute Gasteiger partial charge is 1.00 e. The van der Waals surface area contributed by atoms with Gasteiger partial charge >= 0.3 is 29.2 Å². The molecule has 0 saturated heterocycles. The summed E-state index contributed by atoms with van der Waals surface area (Å²) >= 11 is 0. The van der Waals surface area contributed by atoms with E-state index in [-0.39, 0.29) is 41.0 Å². The van der Waals surface area contributed by atoms with Gasteiger partial charge in [-0.25, -0.2) is 4.39 Å². The van der Waals surface area contributed by atoms with Gasteiger partial charge in [0, 0.05) is 5.56 Å². The van der Waals surface area contributed by atoms with Crippen molar-refractivity contribution in [1.29, 1.82) is 0 Å². The zero-order chi connectivity index (χ0) is 9.35. The van der Waals surface area contributed by atoms with E-state index in [9.17, 15) is 17.6 Å². The molecule has 0 unspecified atom stereocenters. The van der Waals surface area contributed by atoms with Crippen LogP contribution in [0.2, 0.25) is 0 Å². The van der Waals surface area contributed by atoms with Gasteiger partial charge in [0.05, 0.1) is 0 Å². The zero-order valence-electron chi connectivity index (χ0n) is 7.04. The second-order valence-electron chi connectivity index (χ2n) is 2.31.